The minimum Gasteiger partial charge on any atom is -0.372 e. The molecule has 1 nitrogen and oxygen atoms in total. The Hall–Kier alpha value is -0.980. The quantitative estimate of drug-likeness (QED) is 0.422. The Labute approximate surface area is 127 Å². The van der Waals surface area contributed by atoms with E-state index in [1.165, 1.54) is 37.0 Å². The molecule has 0 rings (SSSR count). The Morgan fingerprint density at radius 1 is 1.20 bits per heavy atom. The zero-order valence-electron chi connectivity index (χ0n) is 14.4. The summed E-state index contributed by atoms with van der Waals surface area (Å²) in [5, 5.41) is 0. The van der Waals surface area contributed by atoms with Gasteiger partial charge >= 0.3 is 0 Å². The lowest BCUT2D eigenvalue weighted by Crippen LogP contribution is -2.25. The zero-order valence-corrected chi connectivity index (χ0v) is 14.4. The molecule has 0 atom stereocenters. The molecule has 0 aliphatic heterocycles. The summed E-state index contributed by atoms with van der Waals surface area (Å²) in [6.07, 6.45) is 12.6. The second-order valence-electron chi connectivity index (χ2n) is 5.79. The maximum absolute atomic E-state index is 3.90. The molecule has 0 aromatic rings. The summed E-state index contributed by atoms with van der Waals surface area (Å²) in [5.74, 6) is 0.756. The highest BCUT2D eigenvalue weighted by atomic mass is 15.1. The number of hydrogen-bond donors (Lipinski definition) is 0. The van der Waals surface area contributed by atoms with Gasteiger partial charge in [0.2, 0.25) is 0 Å². The number of rotatable bonds is 11. The van der Waals surface area contributed by atoms with Crippen LogP contribution in [0.15, 0.2) is 36.1 Å². The van der Waals surface area contributed by atoms with Gasteiger partial charge in [-0.25, -0.2) is 0 Å². The van der Waals surface area contributed by atoms with Crippen molar-refractivity contribution >= 4 is 0 Å². The molecule has 0 fully saturated rings. The first-order valence-corrected chi connectivity index (χ1v) is 8.37. The van der Waals surface area contributed by atoms with Crippen molar-refractivity contribution in [3.63, 3.8) is 0 Å². The van der Waals surface area contributed by atoms with E-state index in [-0.39, 0.29) is 0 Å². The highest BCUT2D eigenvalue weighted by molar-refractivity contribution is 5.32. The molecule has 0 heterocycles. The standard InChI is InChI=1S/C19H35N/c1-7-11-16-20(10-4)19(13-9-3)18(12-8-2)15-14-17(5)6/h9,12-13,17H,3,7-8,10-11,14-16H2,1-2,4-6H3/b18-12-,19-13+. The second-order valence-corrected chi connectivity index (χ2v) is 5.79. The van der Waals surface area contributed by atoms with E-state index in [2.05, 4.69) is 58.2 Å². The van der Waals surface area contributed by atoms with Gasteiger partial charge in [-0.3, -0.25) is 0 Å². The van der Waals surface area contributed by atoms with Crippen LogP contribution in [-0.4, -0.2) is 18.0 Å². The molecule has 0 radical (unpaired) electrons. The average Bonchev–Trinajstić information content (AvgIpc) is 2.43. The minimum absolute atomic E-state index is 0.756. The van der Waals surface area contributed by atoms with E-state index in [0.29, 0.717) is 0 Å². The SMILES string of the molecule is C=C/C=C(\C(=C/CC)CCC(C)C)N(CC)CCCC. The van der Waals surface area contributed by atoms with E-state index in [1.807, 2.05) is 6.08 Å². The van der Waals surface area contributed by atoms with Crippen molar-refractivity contribution in [2.24, 2.45) is 5.92 Å². The Bertz CT molecular complexity index is 310. The third-order valence-electron chi connectivity index (χ3n) is 3.55. The monoisotopic (exact) mass is 277 g/mol. The maximum Gasteiger partial charge on any atom is 0.0395 e. The van der Waals surface area contributed by atoms with Gasteiger partial charge in [-0.1, -0.05) is 52.8 Å². The molecule has 0 aromatic carbocycles. The topological polar surface area (TPSA) is 3.24 Å². The molecular weight excluding hydrogens is 242 g/mol. The van der Waals surface area contributed by atoms with Crippen molar-refractivity contribution in [2.45, 2.75) is 66.7 Å². The summed E-state index contributed by atoms with van der Waals surface area (Å²) < 4.78 is 0. The van der Waals surface area contributed by atoms with Crippen LogP contribution >= 0.6 is 0 Å². The van der Waals surface area contributed by atoms with Crippen LogP contribution in [0.3, 0.4) is 0 Å². The normalized spacial score (nSPS) is 12.9. The average molecular weight is 277 g/mol. The number of likely N-dealkylation sites (N-methyl/N-ethyl adjacent to an activating group) is 1. The Morgan fingerprint density at radius 2 is 1.90 bits per heavy atom. The molecule has 0 spiro atoms. The predicted octanol–water partition coefficient (Wildman–Crippen LogP) is 5.95. The Kier molecular flexibility index (Phi) is 11.2. The lowest BCUT2D eigenvalue weighted by Gasteiger charge is -2.28. The lowest BCUT2D eigenvalue weighted by atomic mass is 9.98. The Morgan fingerprint density at radius 3 is 2.35 bits per heavy atom. The highest BCUT2D eigenvalue weighted by Crippen LogP contribution is 2.23. The summed E-state index contributed by atoms with van der Waals surface area (Å²) >= 11 is 0. The van der Waals surface area contributed by atoms with Crippen molar-refractivity contribution < 1.29 is 0 Å². The van der Waals surface area contributed by atoms with Gasteiger partial charge in [-0.2, -0.15) is 0 Å². The predicted molar refractivity (Wildman–Crippen MR) is 92.9 cm³/mol. The van der Waals surface area contributed by atoms with Crippen molar-refractivity contribution in [1.29, 1.82) is 0 Å². The van der Waals surface area contributed by atoms with Crippen LogP contribution < -0.4 is 0 Å². The van der Waals surface area contributed by atoms with Crippen LogP contribution in [0.1, 0.15) is 66.7 Å². The van der Waals surface area contributed by atoms with E-state index in [9.17, 15) is 0 Å². The van der Waals surface area contributed by atoms with Gasteiger partial charge in [0.05, 0.1) is 0 Å². The molecule has 0 aliphatic rings. The third-order valence-corrected chi connectivity index (χ3v) is 3.55. The van der Waals surface area contributed by atoms with Gasteiger partial charge in [0.25, 0.3) is 0 Å². The Balaban J connectivity index is 5.10. The fourth-order valence-electron chi connectivity index (χ4n) is 2.35. The fourth-order valence-corrected chi connectivity index (χ4v) is 2.35. The molecule has 0 unspecified atom stereocenters. The van der Waals surface area contributed by atoms with Crippen molar-refractivity contribution in [3.8, 4) is 0 Å². The zero-order chi connectivity index (χ0) is 15.4. The van der Waals surface area contributed by atoms with Crippen LogP contribution in [0.5, 0.6) is 0 Å². The number of hydrogen-bond acceptors (Lipinski definition) is 1. The van der Waals surface area contributed by atoms with Gasteiger partial charge in [0.1, 0.15) is 0 Å². The van der Waals surface area contributed by atoms with Gasteiger partial charge in [0, 0.05) is 18.8 Å². The summed E-state index contributed by atoms with van der Waals surface area (Å²) in [4.78, 5) is 2.51. The fraction of sp³-hybridized carbons (Fsp3) is 0.684. The van der Waals surface area contributed by atoms with Crippen LogP contribution in [0.2, 0.25) is 0 Å². The highest BCUT2D eigenvalue weighted by Gasteiger charge is 2.12. The van der Waals surface area contributed by atoms with E-state index in [0.717, 1.165) is 25.4 Å². The summed E-state index contributed by atoms with van der Waals surface area (Å²) in [6, 6.07) is 0. The second kappa shape index (κ2) is 11.8. The van der Waals surface area contributed by atoms with Gasteiger partial charge in [0.15, 0.2) is 0 Å². The van der Waals surface area contributed by atoms with Crippen LogP contribution in [0, 0.1) is 5.92 Å². The summed E-state index contributed by atoms with van der Waals surface area (Å²) in [6.45, 7) is 17.5. The van der Waals surface area contributed by atoms with E-state index < -0.39 is 0 Å². The van der Waals surface area contributed by atoms with Crippen molar-refractivity contribution in [3.05, 3.63) is 36.1 Å². The maximum atomic E-state index is 3.90. The van der Waals surface area contributed by atoms with E-state index in [1.54, 1.807) is 0 Å². The largest absolute Gasteiger partial charge is 0.372 e. The molecule has 0 saturated heterocycles. The van der Waals surface area contributed by atoms with E-state index in [4.69, 9.17) is 0 Å². The molecule has 0 bridgehead atoms. The van der Waals surface area contributed by atoms with Gasteiger partial charge in [-0.15, -0.1) is 0 Å². The molecule has 0 aromatic heterocycles. The summed E-state index contributed by atoms with van der Waals surface area (Å²) in [7, 11) is 0. The molecule has 0 amide bonds. The number of unbranched alkanes of at least 4 members (excludes halogenated alkanes) is 1. The molecular formula is C19H35N. The van der Waals surface area contributed by atoms with E-state index >= 15 is 0 Å². The van der Waals surface area contributed by atoms with Crippen LogP contribution in [0.25, 0.3) is 0 Å². The van der Waals surface area contributed by atoms with Crippen molar-refractivity contribution in [2.75, 3.05) is 13.1 Å². The number of allylic oxidation sites excluding steroid dienone is 4. The summed E-state index contributed by atoms with van der Waals surface area (Å²) in [5.41, 5.74) is 2.89. The molecule has 20 heavy (non-hydrogen) atoms. The molecule has 0 saturated carbocycles. The van der Waals surface area contributed by atoms with Gasteiger partial charge < -0.3 is 4.90 Å². The molecule has 116 valence electrons. The van der Waals surface area contributed by atoms with Crippen molar-refractivity contribution in [1.82, 2.24) is 4.90 Å². The first kappa shape index (κ1) is 19.0. The minimum atomic E-state index is 0.756. The van der Waals surface area contributed by atoms with Crippen LogP contribution in [0.4, 0.5) is 0 Å². The molecule has 0 aliphatic carbocycles. The van der Waals surface area contributed by atoms with Gasteiger partial charge in [-0.05, 0) is 50.2 Å². The van der Waals surface area contributed by atoms with Crippen LogP contribution in [-0.2, 0) is 0 Å². The smallest absolute Gasteiger partial charge is 0.0395 e. The first-order valence-electron chi connectivity index (χ1n) is 8.37. The molecule has 0 N–H and O–H groups in total. The number of nitrogens with zero attached hydrogens (tertiary/aromatic N) is 1. The third kappa shape index (κ3) is 7.57. The first-order chi connectivity index (χ1) is 9.60. The molecule has 1 heteroatoms. The lowest BCUT2D eigenvalue weighted by molar-refractivity contribution is 0.357.